The number of ether oxygens (including phenoxy) is 3. The van der Waals surface area contributed by atoms with Crippen LogP contribution < -0.4 is 0 Å². The molecule has 1 aliphatic heterocycles. The topological polar surface area (TPSA) is 127 Å². The maximum absolute atomic E-state index is 13.1. The minimum atomic E-state index is -3.18. The largest absolute Gasteiger partial charge is 0.524 e. The Labute approximate surface area is 219 Å². The van der Waals surface area contributed by atoms with Crippen LogP contribution in [0.1, 0.15) is 47.5 Å². The minimum absolute atomic E-state index is 0.00120. The standard InChI is InChI=1S/C25H39NO10Si/c1-9-33-37(34-10-2,35-11-3)21-12-13-26(21)23(28)19(8)14-22(27)36-20(15-31-24(29)17(4)5)16-32-25(30)18(6)7/h20-21H,4,6,8-16H2,1-3,5,7H3. The predicted octanol–water partition coefficient (Wildman–Crippen LogP) is 2.27. The van der Waals surface area contributed by atoms with Gasteiger partial charge in [0.1, 0.15) is 18.9 Å². The number of nitrogens with zero attached hydrogens (tertiary/aromatic N) is 1. The molecule has 11 nitrogen and oxygen atoms in total. The Balaban J connectivity index is 2.84. The summed E-state index contributed by atoms with van der Waals surface area (Å²) < 4.78 is 33.1. The normalized spacial score (nSPS) is 15.0. The number of esters is 3. The van der Waals surface area contributed by atoms with Crippen molar-refractivity contribution in [2.45, 2.75) is 59.2 Å². The van der Waals surface area contributed by atoms with Crippen molar-refractivity contribution in [1.82, 2.24) is 4.90 Å². The Morgan fingerprint density at radius 2 is 1.32 bits per heavy atom. The van der Waals surface area contributed by atoms with Crippen LogP contribution in [-0.2, 0) is 46.7 Å². The van der Waals surface area contributed by atoms with Gasteiger partial charge in [-0.15, -0.1) is 0 Å². The Morgan fingerprint density at radius 3 is 1.68 bits per heavy atom. The maximum Gasteiger partial charge on any atom is 0.524 e. The molecule has 0 bridgehead atoms. The highest BCUT2D eigenvalue weighted by molar-refractivity contribution is 6.63. The Kier molecular flexibility index (Phi) is 13.5. The maximum atomic E-state index is 13.1. The van der Waals surface area contributed by atoms with Crippen molar-refractivity contribution >= 4 is 32.6 Å². The number of hydrogen-bond donors (Lipinski definition) is 0. The SMILES string of the molecule is C=C(C)C(=O)OCC(COC(=O)C(=C)C)OC(=O)CC(=C)C(=O)N1CCC1[Si](OCC)(OCC)OCC. The summed E-state index contributed by atoms with van der Waals surface area (Å²) in [5, 5.41) is 0. The van der Waals surface area contributed by atoms with E-state index in [1.165, 1.54) is 13.8 Å². The Morgan fingerprint density at radius 1 is 0.865 bits per heavy atom. The van der Waals surface area contributed by atoms with Crippen LogP contribution in [0.5, 0.6) is 0 Å². The summed E-state index contributed by atoms with van der Waals surface area (Å²) in [6.45, 7) is 19.9. The molecular weight excluding hydrogens is 502 g/mol. The van der Waals surface area contributed by atoms with E-state index in [-0.39, 0.29) is 35.6 Å². The highest BCUT2D eigenvalue weighted by Crippen LogP contribution is 2.31. The van der Waals surface area contributed by atoms with Gasteiger partial charge < -0.3 is 32.4 Å². The van der Waals surface area contributed by atoms with Crippen molar-refractivity contribution in [3.63, 3.8) is 0 Å². The number of carbonyl (C=O) groups is 4. The first-order valence-corrected chi connectivity index (χ1v) is 14.0. The summed E-state index contributed by atoms with van der Waals surface area (Å²) in [5.74, 6) is -2.63. The van der Waals surface area contributed by atoms with E-state index in [2.05, 4.69) is 19.7 Å². The average Bonchev–Trinajstić information content (AvgIpc) is 2.79. The van der Waals surface area contributed by atoms with Crippen LogP contribution in [0.3, 0.4) is 0 Å². The summed E-state index contributed by atoms with van der Waals surface area (Å²) in [5.41, 5.74) is -0.0853. The van der Waals surface area contributed by atoms with Gasteiger partial charge in [0.05, 0.1) is 6.42 Å². The van der Waals surface area contributed by atoms with E-state index in [0.717, 1.165) is 0 Å². The molecular formula is C25H39NO10Si. The fourth-order valence-corrected chi connectivity index (χ4v) is 6.54. The zero-order chi connectivity index (χ0) is 28.2. The molecule has 0 saturated carbocycles. The van der Waals surface area contributed by atoms with Crippen molar-refractivity contribution in [3.8, 4) is 0 Å². The molecule has 1 amide bonds. The van der Waals surface area contributed by atoms with Crippen molar-refractivity contribution in [2.75, 3.05) is 39.6 Å². The van der Waals surface area contributed by atoms with Gasteiger partial charge in [-0.25, -0.2) is 9.59 Å². The number of rotatable bonds is 17. The molecule has 0 spiro atoms. The zero-order valence-electron chi connectivity index (χ0n) is 22.5. The molecule has 0 radical (unpaired) electrons. The molecule has 0 aromatic rings. The van der Waals surface area contributed by atoms with E-state index in [9.17, 15) is 19.2 Å². The lowest BCUT2D eigenvalue weighted by Crippen LogP contribution is -2.70. The van der Waals surface area contributed by atoms with Crippen molar-refractivity contribution < 1.29 is 46.7 Å². The quantitative estimate of drug-likeness (QED) is 0.117. The molecule has 1 atom stereocenters. The van der Waals surface area contributed by atoms with E-state index in [1.807, 2.05) is 20.8 Å². The molecule has 12 heteroatoms. The molecule has 0 aromatic heterocycles. The van der Waals surface area contributed by atoms with Crippen molar-refractivity contribution in [1.29, 1.82) is 0 Å². The first kappa shape index (κ1) is 32.2. The van der Waals surface area contributed by atoms with Crippen molar-refractivity contribution in [2.24, 2.45) is 0 Å². The summed E-state index contributed by atoms with van der Waals surface area (Å²) in [6.07, 6.45) is -0.888. The van der Waals surface area contributed by atoms with Crippen LogP contribution >= 0.6 is 0 Å². The second-order valence-electron chi connectivity index (χ2n) is 8.36. The van der Waals surface area contributed by atoms with Gasteiger partial charge >= 0.3 is 26.7 Å². The second kappa shape index (κ2) is 15.4. The highest BCUT2D eigenvalue weighted by Gasteiger charge is 2.57. The lowest BCUT2D eigenvalue weighted by Gasteiger charge is -2.48. The molecule has 1 heterocycles. The molecule has 1 unspecified atom stereocenters. The second-order valence-corrected chi connectivity index (χ2v) is 11.1. The summed E-state index contributed by atoms with van der Waals surface area (Å²) >= 11 is 0. The fraction of sp³-hybridized carbons (Fsp3) is 0.600. The number of amides is 1. The lowest BCUT2D eigenvalue weighted by atomic mass is 10.1. The molecule has 0 N–H and O–H groups in total. The molecule has 1 fully saturated rings. The fourth-order valence-electron chi connectivity index (χ4n) is 3.40. The van der Waals surface area contributed by atoms with Crippen LogP contribution in [0, 0.1) is 0 Å². The summed E-state index contributed by atoms with van der Waals surface area (Å²) in [4.78, 5) is 50.7. The molecule has 1 saturated heterocycles. The summed E-state index contributed by atoms with van der Waals surface area (Å²) in [6, 6.07) is 0. The Hall–Kier alpha value is -2.80. The van der Waals surface area contributed by atoms with Gasteiger partial charge in [-0.05, 0) is 41.0 Å². The van der Waals surface area contributed by atoms with E-state index >= 15 is 0 Å². The smallest absolute Gasteiger partial charge is 0.458 e. The average molecular weight is 542 g/mol. The van der Waals surface area contributed by atoms with Crippen LogP contribution in [0.2, 0.25) is 0 Å². The molecule has 37 heavy (non-hydrogen) atoms. The Bertz CT molecular complexity index is 840. The van der Waals surface area contributed by atoms with Gasteiger partial charge in [-0.1, -0.05) is 19.7 Å². The van der Waals surface area contributed by atoms with Gasteiger partial charge in [0.25, 0.3) is 0 Å². The third-order valence-electron chi connectivity index (χ3n) is 5.18. The molecule has 0 aromatic carbocycles. The molecule has 1 rings (SSSR count). The first-order valence-electron chi connectivity index (χ1n) is 12.2. The van der Waals surface area contributed by atoms with Crippen LogP contribution in [0.25, 0.3) is 0 Å². The lowest BCUT2D eigenvalue weighted by molar-refractivity contribution is -0.164. The van der Waals surface area contributed by atoms with Gasteiger partial charge in [0.2, 0.25) is 5.91 Å². The monoisotopic (exact) mass is 541 g/mol. The van der Waals surface area contributed by atoms with Gasteiger partial charge in [0.15, 0.2) is 6.10 Å². The van der Waals surface area contributed by atoms with Crippen LogP contribution in [0.15, 0.2) is 36.5 Å². The van der Waals surface area contributed by atoms with E-state index in [4.69, 9.17) is 27.5 Å². The van der Waals surface area contributed by atoms with E-state index in [1.54, 1.807) is 4.90 Å². The molecule has 0 aliphatic carbocycles. The summed E-state index contributed by atoms with van der Waals surface area (Å²) in [7, 11) is -3.18. The number of carbonyl (C=O) groups excluding carboxylic acids is 4. The zero-order valence-corrected chi connectivity index (χ0v) is 23.5. The van der Waals surface area contributed by atoms with Crippen molar-refractivity contribution in [3.05, 3.63) is 36.5 Å². The third kappa shape index (κ3) is 9.54. The molecule has 1 aliphatic rings. The number of hydrogen-bond acceptors (Lipinski definition) is 10. The molecule has 208 valence electrons. The number of likely N-dealkylation sites (tertiary alicyclic amines) is 1. The first-order chi connectivity index (χ1) is 17.4. The van der Waals surface area contributed by atoms with Gasteiger partial charge in [-0.3, -0.25) is 9.59 Å². The minimum Gasteiger partial charge on any atom is -0.458 e. The predicted molar refractivity (Wildman–Crippen MR) is 136 cm³/mol. The van der Waals surface area contributed by atoms with E-state index < -0.39 is 45.1 Å². The highest BCUT2D eigenvalue weighted by atomic mass is 28.4. The van der Waals surface area contributed by atoms with Gasteiger partial charge in [0, 0.05) is 43.1 Å². The van der Waals surface area contributed by atoms with E-state index in [0.29, 0.717) is 32.8 Å². The van der Waals surface area contributed by atoms with Crippen LogP contribution in [-0.4, -0.2) is 88.9 Å². The third-order valence-corrected chi connectivity index (χ3v) is 8.67. The van der Waals surface area contributed by atoms with Gasteiger partial charge in [-0.2, -0.15) is 0 Å². The van der Waals surface area contributed by atoms with Crippen LogP contribution in [0.4, 0.5) is 0 Å².